The fraction of sp³-hybridized carbons (Fsp3) is 0.231. The molecule has 1 fully saturated rings. The molecule has 2 aromatic heterocycles. The Morgan fingerprint density at radius 3 is 2.40 bits per heavy atom. The van der Waals surface area contributed by atoms with E-state index < -0.39 is 0 Å². The zero-order chi connectivity index (χ0) is 24.2. The first kappa shape index (κ1) is 22.5. The average Bonchev–Trinajstić information content (AvgIpc) is 3.37. The molecule has 5 rings (SSSR count). The monoisotopic (exact) mass is 471 g/mol. The second-order valence-corrected chi connectivity index (χ2v) is 8.29. The minimum absolute atomic E-state index is 0.152. The third kappa shape index (κ3) is 4.99. The molecule has 4 aromatic rings. The van der Waals surface area contributed by atoms with Crippen LogP contribution in [0.5, 0.6) is 5.75 Å². The van der Waals surface area contributed by atoms with Crippen LogP contribution in [0.1, 0.15) is 16.2 Å². The van der Waals surface area contributed by atoms with Crippen LogP contribution >= 0.6 is 0 Å². The van der Waals surface area contributed by atoms with Crippen molar-refractivity contribution >= 4 is 5.91 Å². The molecule has 9 nitrogen and oxygen atoms in total. The van der Waals surface area contributed by atoms with Crippen molar-refractivity contribution in [1.82, 2.24) is 24.9 Å². The number of aromatic amines is 1. The van der Waals surface area contributed by atoms with E-state index in [1.807, 2.05) is 54.6 Å². The largest absolute Gasteiger partial charge is 0.497 e. The van der Waals surface area contributed by atoms with Crippen molar-refractivity contribution in [1.29, 1.82) is 0 Å². The van der Waals surface area contributed by atoms with Gasteiger partial charge in [0.1, 0.15) is 11.3 Å². The van der Waals surface area contributed by atoms with Gasteiger partial charge < -0.3 is 19.1 Å². The summed E-state index contributed by atoms with van der Waals surface area (Å²) < 4.78 is 10.6. The fourth-order valence-corrected chi connectivity index (χ4v) is 4.08. The number of ether oxygens (including phenoxy) is 1. The van der Waals surface area contributed by atoms with E-state index in [1.165, 1.54) is 0 Å². The number of rotatable bonds is 6. The van der Waals surface area contributed by atoms with E-state index >= 15 is 0 Å². The lowest BCUT2D eigenvalue weighted by molar-refractivity contribution is 0.0613. The van der Waals surface area contributed by atoms with Crippen LogP contribution in [-0.4, -0.2) is 64.1 Å². The van der Waals surface area contributed by atoms with Crippen LogP contribution in [0.15, 0.2) is 76.0 Å². The van der Waals surface area contributed by atoms with Gasteiger partial charge in [-0.3, -0.25) is 14.5 Å². The number of amides is 1. The number of carbonyl (C=O) groups excluding carboxylic acids is 1. The summed E-state index contributed by atoms with van der Waals surface area (Å²) in [5.74, 6) is 1.54. The number of methoxy groups -OCH3 is 1. The van der Waals surface area contributed by atoms with Crippen LogP contribution < -0.4 is 10.3 Å². The predicted molar refractivity (Wildman–Crippen MR) is 130 cm³/mol. The minimum Gasteiger partial charge on any atom is -0.497 e. The number of hydrogen-bond donors (Lipinski definition) is 1. The van der Waals surface area contributed by atoms with Crippen LogP contribution in [0.4, 0.5) is 0 Å². The van der Waals surface area contributed by atoms with Crippen molar-refractivity contribution in [2.75, 3.05) is 33.3 Å². The van der Waals surface area contributed by atoms with Crippen LogP contribution in [0.2, 0.25) is 0 Å². The maximum atomic E-state index is 13.0. The summed E-state index contributed by atoms with van der Waals surface area (Å²) in [4.78, 5) is 36.8. The molecule has 35 heavy (non-hydrogen) atoms. The standard InChI is InChI=1S/C26H25N5O4/c1-34-20-9-7-19(8-10-20)24-28-23(35-29-24)17-30-13-15-31(16-14-30)26(33)21-11-12-22(27-25(21)32)18-5-3-2-4-6-18/h2-12H,13-17H2,1H3,(H,27,32). The van der Waals surface area contributed by atoms with Crippen LogP contribution in [0, 0.1) is 0 Å². The number of hydrogen-bond acceptors (Lipinski definition) is 7. The summed E-state index contributed by atoms with van der Waals surface area (Å²) >= 11 is 0. The Labute approximate surface area is 202 Å². The molecule has 0 unspecified atom stereocenters. The lowest BCUT2D eigenvalue weighted by Gasteiger charge is -2.33. The maximum Gasteiger partial charge on any atom is 0.261 e. The second-order valence-electron chi connectivity index (χ2n) is 8.29. The molecule has 0 radical (unpaired) electrons. The molecule has 0 aliphatic carbocycles. The van der Waals surface area contributed by atoms with E-state index in [0.29, 0.717) is 50.1 Å². The molecule has 1 aliphatic heterocycles. The number of benzene rings is 2. The van der Waals surface area contributed by atoms with Crippen LogP contribution in [0.25, 0.3) is 22.6 Å². The SMILES string of the molecule is COc1ccc(-c2noc(CN3CCN(C(=O)c4ccc(-c5ccccc5)[nH]c4=O)CC3)n2)cc1. The van der Waals surface area contributed by atoms with Gasteiger partial charge in [-0.15, -0.1) is 0 Å². The molecule has 3 heterocycles. The number of pyridine rings is 1. The fourth-order valence-electron chi connectivity index (χ4n) is 4.08. The van der Waals surface area contributed by atoms with Gasteiger partial charge in [0.25, 0.3) is 11.5 Å². The lowest BCUT2D eigenvalue weighted by Crippen LogP contribution is -2.49. The molecule has 1 amide bonds. The molecule has 9 heteroatoms. The first-order valence-corrected chi connectivity index (χ1v) is 11.4. The molecule has 0 atom stereocenters. The van der Waals surface area contributed by atoms with Gasteiger partial charge in [0.05, 0.1) is 13.7 Å². The summed E-state index contributed by atoms with van der Waals surface area (Å²) in [5.41, 5.74) is 2.20. The maximum absolute atomic E-state index is 13.0. The van der Waals surface area contributed by atoms with Gasteiger partial charge in [-0.25, -0.2) is 0 Å². The van der Waals surface area contributed by atoms with Crippen molar-refractivity contribution < 1.29 is 14.1 Å². The van der Waals surface area contributed by atoms with E-state index in [0.717, 1.165) is 16.9 Å². The third-order valence-corrected chi connectivity index (χ3v) is 6.06. The number of nitrogens with one attached hydrogen (secondary N) is 1. The van der Waals surface area contributed by atoms with Gasteiger partial charge in [0.2, 0.25) is 11.7 Å². The Bertz CT molecular complexity index is 1360. The van der Waals surface area contributed by atoms with Gasteiger partial charge in [-0.05, 0) is 42.0 Å². The topological polar surface area (TPSA) is 105 Å². The molecular formula is C26H25N5O4. The highest BCUT2D eigenvalue weighted by atomic mass is 16.5. The van der Waals surface area contributed by atoms with E-state index in [1.54, 1.807) is 24.1 Å². The van der Waals surface area contributed by atoms with Crippen molar-refractivity contribution in [2.45, 2.75) is 6.54 Å². The molecule has 1 saturated heterocycles. The number of aromatic nitrogens is 3. The summed E-state index contributed by atoms with van der Waals surface area (Å²) in [6.45, 7) is 2.81. The first-order valence-electron chi connectivity index (χ1n) is 11.4. The molecule has 1 N–H and O–H groups in total. The molecule has 0 bridgehead atoms. The van der Waals surface area contributed by atoms with E-state index in [-0.39, 0.29) is 17.0 Å². The highest BCUT2D eigenvalue weighted by molar-refractivity contribution is 5.94. The molecule has 0 spiro atoms. The Balaban J connectivity index is 1.18. The quantitative estimate of drug-likeness (QED) is 0.461. The Kier molecular flexibility index (Phi) is 6.40. The molecule has 0 saturated carbocycles. The zero-order valence-corrected chi connectivity index (χ0v) is 19.3. The van der Waals surface area contributed by atoms with E-state index in [2.05, 4.69) is 20.0 Å². The highest BCUT2D eigenvalue weighted by Crippen LogP contribution is 2.20. The summed E-state index contributed by atoms with van der Waals surface area (Å²) in [7, 11) is 1.62. The number of nitrogens with zero attached hydrogens (tertiary/aromatic N) is 4. The molecule has 2 aromatic carbocycles. The van der Waals surface area contributed by atoms with Crippen LogP contribution in [0.3, 0.4) is 0 Å². The number of H-pyrrole nitrogens is 1. The zero-order valence-electron chi connectivity index (χ0n) is 19.3. The predicted octanol–water partition coefficient (Wildman–Crippen LogP) is 3.06. The van der Waals surface area contributed by atoms with Gasteiger partial charge in [-0.1, -0.05) is 35.5 Å². The minimum atomic E-state index is -0.379. The number of piperazine rings is 1. The van der Waals surface area contributed by atoms with Crippen molar-refractivity contribution in [3.8, 4) is 28.4 Å². The van der Waals surface area contributed by atoms with Crippen LogP contribution in [-0.2, 0) is 6.54 Å². The second kappa shape index (κ2) is 9.94. The van der Waals surface area contributed by atoms with Gasteiger partial charge in [0.15, 0.2) is 0 Å². The van der Waals surface area contributed by atoms with E-state index in [4.69, 9.17) is 9.26 Å². The highest BCUT2D eigenvalue weighted by Gasteiger charge is 2.25. The Morgan fingerprint density at radius 1 is 0.971 bits per heavy atom. The van der Waals surface area contributed by atoms with Gasteiger partial charge in [-0.2, -0.15) is 4.98 Å². The van der Waals surface area contributed by atoms with E-state index in [9.17, 15) is 9.59 Å². The molecular weight excluding hydrogens is 446 g/mol. The van der Waals surface area contributed by atoms with Crippen molar-refractivity contribution in [2.24, 2.45) is 0 Å². The first-order chi connectivity index (χ1) is 17.1. The summed E-state index contributed by atoms with van der Waals surface area (Å²) in [6, 6.07) is 20.4. The third-order valence-electron chi connectivity index (χ3n) is 6.06. The van der Waals surface area contributed by atoms with Gasteiger partial charge >= 0.3 is 0 Å². The normalized spacial score (nSPS) is 14.1. The smallest absolute Gasteiger partial charge is 0.261 e. The van der Waals surface area contributed by atoms with Crippen molar-refractivity contribution in [3.05, 3.63) is 88.5 Å². The average molecular weight is 472 g/mol. The number of carbonyl (C=O) groups is 1. The lowest BCUT2D eigenvalue weighted by atomic mass is 10.1. The summed E-state index contributed by atoms with van der Waals surface area (Å²) in [5, 5.41) is 4.07. The molecule has 178 valence electrons. The summed E-state index contributed by atoms with van der Waals surface area (Å²) in [6.07, 6.45) is 0. The Morgan fingerprint density at radius 2 is 1.71 bits per heavy atom. The van der Waals surface area contributed by atoms with Crippen molar-refractivity contribution in [3.63, 3.8) is 0 Å². The van der Waals surface area contributed by atoms with Gasteiger partial charge in [0, 0.05) is 37.4 Å². The molecule has 1 aliphatic rings. The Hall–Kier alpha value is -4.24.